The molecule has 0 amide bonds. The van der Waals surface area contributed by atoms with Crippen LogP contribution in [-0.4, -0.2) is 55.5 Å². The van der Waals surface area contributed by atoms with Crippen molar-refractivity contribution in [2.45, 2.75) is 6.54 Å². The fourth-order valence-corrected chi connectivity index (χ4v) is 2.97. The molecule has 25 heavy (non-hydrogen) atoms. The summed E-state index contributed by atoms with van der Waals surface area (Å²) in [6.45, 7) is 1.80. The van der Waals surface area contributed by atoms with Crippen LogP contribution in [0.2, 0.25) is 0 Å². The molecule has 3 rings (SSSR count). The highest BCUT2D eigenvalue weighted by Gasteiger charge is 2.18. The van der Waals surface area contributed by atoms with Gasteiger partial charge in [-0.2, -0.15) is 5.26 Å². The standard InChI is InChI=1S/C19H22N6/c1-23(2)9-10-25-17-8-6-5-7-14(17)16-12-21-19(22-13-24(3)4)15(11-20)18(16)25/h5-8,12-13H,9-10H2,1-4H3/p+1. The van der Waals surface area contributed by atoms with Gasteiger partial charge < -0.3 is 14.4 Å². The van der Waals surface area contributed by atoms with Crippen molar-refractivity contribution in [2.24, 2.45) is 4.99 Å². The number of rotatable bonds is 5. The molecule has 128 valence electrons. The zero-order valence-electron chi connectivity index (χ0n) is 15.1. The van der Waals surface area contributed by atoms with Gasteiger partial charge in [0, 0.05) is 36.6 Å². The van der Waals surface area contributed by atoms with E-state index in [0.717, 1.165) is 34.9 Å². The molecule has 0 unspecified atom stereocenters. The lowest BCUT2D eigenvalue weighted by molar-refractivity contribution is -0.858. The van der Waals surface area contributed by atoms with Crippen molar-refractivity contribution in [3.63, 3.8) is 0 Å². The van der Waals surface area contributed by atoms with E-state index >= 15 is 0 Å². The number of aliphatic imine (C=N–C) groups is 1. The van der Waals surface area contributed by atoms with Crippen LogP contribution in [0.25, 0.3) is 21.8 Å². The van der Waals surface area contributed by atoms with Gasteiger partial charge >= 0.3 is 0 Å². The maximum absolute atomic E-state index is 9.81. The smallest absolute Gasteiger partial charge is 0.173 e. The molecule has 2 heterocycles. The molecule has 0 fully saturated rings. The zero-order chi connectivity index (χ0) is 18.0. The lowest BCUT2D eigenvalue weighted by Crippen LogP contribution is -3.06. The van der Waals surface area contributed by atoms with E-state index in [1.807, 2.05) is 37.3 Å². The van der Waals surface area contributed by atoms with Crippen LogP contribution in [0.5, 0.6) is 0 Å². The first-order valence-electron chi connectivity index (χ1n) is 8.32. The first-order valence-corrected chi connectivity index (χ1v) is 8.32. The Morgan fingerprint density at radius 1 is 1.28 bits per heavy atom. The predicted molar refractivity (Wildman–Crippen MR) is 101 cm³/mol. The molecule has 6 nitrogen and oxygen atoms in total. The quantitative estimate of drug-likeness (QED) is 0.567. The maximum atomic E-state index is 9.81. The zero-order valence-corrected chi connectivity index (χ0v) is 15.1. The Kier molecular flexibility index (Phi) is 4.68. The molecule has 0 saturated heterocycles. The second kappa shape index (κ2) is 6.91. The van der Waals surface area contributed by atoms with Crippen LogP contribution in [0.1, 0.15) is 5.56 Å². The van der Waals surface area contributed by atoms with Gasteiger partial charge in [-0.1, -0.05) is 18.2 Å². The molecule has 0 aliphatic rings. The van der Waals surface area contributed by atoms with Gasteiger partial charge in [0.25, 0.3) is 0 Å². The molecule has 0 radical (unpaired) electrons. The summed E-state index contributed by atoms with van der Waals surface area (Å²) >= 11 is 0. The van der Waals surface area contributed by atoms with Crippen molar-refractivity contribution in [1.29, 1.82) is 5.26 Å². The number of aromatic nitrogens is 2. The van der Waals surface area contributed by atoms with Gasteiger partial charge in [-0.05, 0) is 6.07 Å². The van der Waals surface area contributed by atoms with Crippen molar-refractivity contribution in [2.75, 3.05) is 34.7 Å². The van der Waals surface area contributed by atoms with Crippen LogP contribution in [0.4, 0.5) is 5.82 Å². The van der Waals surface area contributed by atoms with Crippen LogP contribution in [0, 0.1) is 11.3 Å². The minimum atomic E-state index is 0.463. The van der Waals surface area contributed by atoms with Gasteiger partial charge in [0.15, 0.2) is 5.82 Å². The van der Waals surface area contributed by atoms with Gasteiger partial charge in [-0.3, -0.25) is 0 Å². The lowest BCUT2D eigenvalue weighted by Gasteiger charge is -2.11. The normalized spacial score (nSPS) is 11.7. The van der Waals surface area contributed by atoms with E-state index in [4.69, 9.17) is 0 Å². The maximum Gasteiger partial charge on any atom is 0.173 e. The fraction of sp³-hybridized carbons (Fsp3) is 0.316. The number of nitrogens with zero attached hydrogens (tertiary/aromatic N) is 5. The first kappa shape index (κ1) is 16.9. The minimum absolute atomic E-state index is 0.463. The number of hydrogen-bond donors (Lipinski definition) is 1. The molecule has 0 bridgehead atoms. The van der Waals surface area contributed by atoms with Gasteiger partial charge in [0.2, 0.25) is 0 Å². The largest absolute Gasteiger partial charge is 0.369 e. The summed E-state index contributed by atoms with van der Waals surface area (Å²) in [5.41, 5.74) is 2.58. The van der Waals surface area contributed by atoms with Gasteiger partial charge in [0.1, 0.15) is 11.6 Å². The Morgan fingerprint density at radius 3 is 2.72 bits per heavy atom. The molecular weight excluding hydrogens is 312 g/mol. The van der Waals surface area contributed by atoms with E-state index in [-0.39, 0.29) is 0 Å². The Hall–Kier alpha value is -2.91. The third-order valence-corrected chi connectivity index (χ3v) is 4.14. The monoisotopic (exact) mass is 335 g/mol. The van der Waals surface area contributed by atoms with Crippen molar-refractivity contribution in [1.82, 2.24) is 14.5 Å². The van der Waals surface area contributed by atoms with Crippen LogP contribution < -0.4 is 4.90 Å². The van der Waals surface area contributed by atoms with E-state index in [0.29, 0.717) is 11.4 Å². The average Bonchev–Trinajstić information content (AvgIpc) is 2.91. The van der Waals surface area contributed by atoms with Crippen LogP contribution in [-0.2, 0) is 6.54 Å². The molecule has 2 aromatic heterocycles. The van der Waals surface area contributed by atoms with Crippen molar-refractivity contribution in [3.8, 4) is 6.07 Å². The summed E-state index contributed by atoms with van der Waals surface area (Å²) in [4.78, 5) is 12.0. The van der Waals surface area contributed by atoms with E-state index < -0.39 is 0 Å². The molecule has 6 heteroatoms. The fourth-order valence-electron chi connectivity index (χ4n) is 2.97. The summed E-state index contributed by atoms with van der Waals surface area (Å²) in [6, 6.07) is 10.6. The second-order valence-electron chi connectivity index (χ2n) is 6.66. The highest BCUT2D eigenvalue weighted by molar-refractivity contribution is 6.10. The van der Waals surface area contributed by atoms with Crippen molar-refractivity contribution < 1.29 is 4.90 Å². The number of nitriles is 1. The number of fused-ring (bicyclic) bond motifs is 3. The van der Waals surface area contributed by atoms with Crippen LogP contribution in [0.15, 0.2) is 35.5 Å². The minimum Gasteiger partial charge on any atom is -0.369 e. The number of benzene rings is 1. The topological polar surface area (TPSA) is 61.6 Å². The predicted octanol–water partition coefficient (Wildman–Crippen LogP) is 1.43. The molecule has 0 saturated carbocycles. The van der Waals surface area contributed by atoms with Gasteiger partial charge in [-0.25, -0.2) is 9.98 Å². The Bertz CT molecular complexity index is 975. The molecular formula is C19H23N6+. The molecule has 0 aliphatic heterocycles. The summed E-state index contributed by atoms with van der Waals surface area (Å²) < 4.78 is 2.23. The highest BCUT2D eigenvalue weighted by Crippen LogP contribution is 2.33. The number of para-hydroxylation sites is 1. The van der Waals surface area contributed by atoms with E-state index in [1.165, 1.54) is 4.90 Å². The van der Waals surface area contributed by atoms with Gasteiger partial charge in [0.05, 0.1) is 39.0 Å². The summed E-state index contributed by atoms with van der Waals surface area (Å²) in [5, 5.41) is 11.9. The van der Waals surface area contributed by atoms with Crippen LogP contribution >= 0.6 is 0 Å². The molecule has 1 aromatic carbocycles. The Labute approximate surface area is 147 Å². The third-order valence-electron chi connectivity index (χ3n) is 4.14. The van der Waals surface area contributed by atoms with Crippen LogP contribution in [0.3, 0.4) is 0 Å². The Balaban J connectivity index is 2.31. The number of nitrogens with one attached hydrogen (secondary N) is 1. The second-order valence-corrected chi connectivity index (χ2v) is 6.66. The SMILES string of the molecule is CN(C)C=Nc1ncc2c3ccccc3n(CC[NH+](C)C)c2c1C#N. The summed E-state index contributed by atoms with van der Waals surface area (Å²) in [7, 11) is 8.05. The van der Waals surface area contributed by atoms with Crippen molar-refractivity contribution >= 4 is 34.0 Å². The third kappa shape index (κ3) is 3.19. The molecule has 3 aromatic rings. The van der Waals surface area contributed by atoms with E-state index in [1.54, 1.807) is 6.34 Å². The molecule has 0 atom stereocenters. The molecule has 0 spiro atoms. The summed E-state index contributed by atoms with van der Waals surface area (Å²) in [6.07, 6.45) is 3.51. The number of quaternary nitrogens is 1. The number of likely N-dealkylation sites (N-methyl/N-ethyl adjacent to an activating group) is 1. The highest BCUT2D eigenvalue weighted by atomic mass is 15.1. The molecule has 1 N–H and O–H groups in total. The van der Waals surface area contributed by atoms with Gasteiger partial charge in [-0.15, -0.1) is 0 Å². The number of pyridine rings is 1. The average molecular weight is 335 g/mol. The Morgan fingerprint density at radius 2 is 2.04 bits per heavy atom. The lowest BCUT2D eigenvalue weighted by atomic mass is 10.1. The molecule has 0 aliphatic carbocycles. The summed E-state index contributed by atoms with van der Waals surface area (Å²) in [5.74, 6) is 0.463. The van der Waals surface area contributed by atoms with Crippen molar-refractivity contribution in [3.05, 3.63) is 36.0 Å². The van der Waals surface area contributed by atoms with E-state index in [9.17, 15) is 5.26 Å². The van der Waals surface area contributed by atoms with E-state index in [2.05, 4.69) is 46.8 Å². The first-order chi connectivity index (χ1) is 12.0. The number of hydrogen-bond acceptors (Lipinski definition) is 3.